The molecule has 0 atom stereocenters. The summed E-state index contributed by atoms with van der Waals surface area (Å²) in [5.74, 6) is -3.79. The van der Waals surface area contributed by atoms with Gasteiger partial charge >= 0.3 is 11.4 Å². The highest BCUT2D eigenvalue weighted by Gasteiger charge is 2.19. The summed E-state index contributed by atoms with van der Waals surface area (Å²) in [6.07, 6.45) is 1.34. The van der Waals surface area contributed by atoms with E-state index < -0.39 is 57.2 Å². The molecule has 228 valence electrons. The number of hydrogen-bond donors (Lipinski definition) is 11. The molecule has 1 aromatic carbocycles. The number of rotatable bonds is 7. The number of carbonyl (C=O) groups is 3. The second-order valence-electron chi connectivity index (χ2n) is 8.35. The fraction of sp³-hybridized carbons (Fsp3) is 0.0400. The van der Waals surface area contributed by atoms with Gasteiger partial charge in [0.1, 0.15) is 0 Å². The molecule has 4 rings (SSSR count). The number of aromatic amines is 4. The zero-order valence-corrected chi connectivity index (χ0v) is 22.4. The molecule has 19 nitrogen and oxygen atoms in total. The van der Waals surface area contributed by atoms with E-state index in [1.807, 2.05) is 25.4 Å². The minimum absolute atomic E-state index is 0.0980. The Kier molecular flexibility index (Phi) is 9.92. The van der Waals surface area contributed by atoms with Crippen LogP contribution >= 0.6 is 0 Å². The summed E-state index contributed by atoms with van der Waals surface area (Å²) in [4.78, 5) is 91.6. The topological polar surface area (TPSA) is 304 Å². The number of pyridine rings is 1. The number of nitrogens with zero attached hydrogens (tertiary/aromatic N) is 1. The van der Waals surface area contributed by atoms with Crippen molar-refractivity contribution in [1.82, 2.24) is 35.7 Å². The van der Waals surface area contributed by atoms with Crippen molar-refractivity contribution < 1.29 is 29.8 Å². The number of H-pyrrole nitrogens is 4. The number of anilines is 2. The molecule has 0 aliphatic heterocycles. The quantitative estimate of drug-likeness (QED) is 0.109. The maximum atomic E-state index is 12.0. The molecule has 0 bridgehead atoms. The zero-order chi connectivity index (χ0) is 32.6. The number of aromatic hydroxyl groups is 2. The van der Waals surface area contributed by atoms with E-state index in [9.17, 15) is 43.8 Å². The number of hydrogen-bond acceptors (Lipinski definition) is 12. The zero-order valence-electron chi connectivity index (χ0n) is 22.4. The lowest BCUT2D eigenvalue weighted by Crippen LogP contribution is -2.30. The lowest BCUT2D eigenvalue weighted by atomic mass is 10.2. The van der Waals surface area contributed by atoms with Crippen LogP contribution in [0.2, 0.25) is 0 Å². The molecule has 0 radical (unpaired) electrons. The van der Waals surface area contributed by atoms with Crippen LogP contribution in [0.15, 0.2) is 68.4 Å². The first kappa shape index (κ1) is 31.8. The molecule has 0 aliphatic rings. The van der Waals surface area contributed by atoms with Crippen LogP contribution in [0.25, 0.3) is 5.70 Å². The van der Waals surface area contributed by atoms with Crippen LogP contribution < -0.4 is 43.9 Å². The SMILES string of the molecule is C=C(NO)c1cc(NC(=O)c2c(O)[nH]c(=O)[nH]c2=O)ccn1.CNC(=O)c1ccc(NC(=O)c2c(O)[nH]c(=O)[nH]c2=O)cc1. The number of nitrogens with one attached hydrogen (secondary N) is 8. The van der Waals surface area contributed by atoms with Gasteiger partial charge < -0.3 is 26.2 Å². The van der Waals surface area contributed by atoms with E-state index in [0.717, 1.165) is 0 Å². The number of carbonyl (C=O) groups excluding carboxylic acids is 3. The summed E-state index contributed by atoms with van der Waals surface area (Å²) in [5, 5.41) is 34.9. The molecule has 3 aromatic heterocycles. The Morgan fingerprint density at radius 2 is 1.25 bits per heavy atom. The van der Waals surface area contributed by atoms with Gasteiger partial charge in [-0.1, -0.05) is 6.58 Å². The van der Waals surface area contributed by atoms with Gasteiger partial charge in [-0.2, -0.15) is 0 Å². The molecule has 0 aliphatic carbocycles. The fourth-order valence-corrected chi connectivity index (χ4v) is 3.34. The maximum absolute atomic E-state index is 12.0. The lowest BCUT2D eigenvalue weighted by Gasteiger charge is -2.08. The summed E-state index contributed by atoms with van der Waals surface area (Å²) < 4.78 is 0. The largest absolute Gasteiger partial charge is 0.494 e. The predicted molar refractivity (Wildman–Crippen MR) is 153 cm³/mol. The highest BCUT2D eigenvalue weighted by molar-refractivity contribution is 6.06. The van der Waals surface area contributed by atoms with Gasteiger partial charge in [0.15, 0.2) is 11.1 Å². The average molecular weight is 610 g/mol. The van der Waals surface area contributed by atoms with Crippen molar-refractivity contribution in [1.29, 1.82) is 0 Å². The monoisotopic (exact) mass is 609 g/mol. The van der Waals surface area contributed by atoms with Gasteiger partial charge in [-0.05, 0) is 36.4 Å². The van der Waals surface area contributed by atoms with E-state index >= 15 is 0 Å². The minimum Gasteiger partial charge on any atom is -0.494 e. The van der Waals surface area contributed by atoms with Crippen LogP contribution in [-0.2, 0) is 0 Å². The third kappa shape index (κ3) is 7.70. The third-order valence-electron chi connectivity index (χ3n) is 5.39. The van der Waals surface area contributed by atoms with Crippen LogP contribution in [0, 0.1) is 0 Å². The first-order chi connectivity index (χ1) is 20.8. The number of amides is 3. The summed E-state index contributed by atoms with van der Waals surface area (Å²) in [6.45, 7) is 3.49. The van der Waals surface area contributed by atoms with Gasteiger partial charge in [0.2, 0.25) is 11.8 Å². The molecule has 4 aromatic rings. The second kappa shape index (κ2) is 13.7. The van der Waals surface area contributed by atoms with E-state index in [0.29, 0.717) is 11.3 Å². The Morgan fingerprint density at radius 1 is 0.750 bits per heavy atom. The molecule has 3 amide bonds. The molecule has 0 saturated carbocycles. The molecule has 44 heavy (non-hydrogen) atoms. The first-order valence-corrected chi connectivity index (χ1v) is 12.0. The Morgan fingerprint density at radius 3 is 1.70 bits per heavy atom. The van der Waals surface area contributed by atoms with Gasteiger partial charge in [0.25, 0.3) is 28.8 Å². The molecule has 11 N–H and O–H groups in total. The second-order valence-corrected chi connectivity index (χ2v) is 8.35. The van der Waals surface area contributed by atoms with Gasteiger partial charge in [-0.3, -0.25) is 59.6 Å². The molecule has 0 spiro atoms. The standard InChI is InChI=1S/C13H12N4O5.C12H11N5O5/c1-14-9(18)6-2-4-7(5-3-6)15-10(19)8-11(20)16-13(22)17-12(8)21;1-5(17-22)7-4-6(2-3-13-7)14-9(18)8-10(19)15-12(21)16-11(8)20/h2-5H,1H3,(H,14,18)(H,15,19)(H3,16,17,20,21,22);2-4,17,22H,1H2,(H,13,14,18)(H3,15,16,19,20,21). The molecular formula is C25H23N9O10. The van der Waals surface area contributed by atoms with Gasteiger partial charge in [-0.25, -0.2) is 9.59 Å². The van der Waals surface area contributed by atoms with Gasteiger partial charge in [0.05, 0.1) is 11.4 Å². The van der Waals surface area contributed by atoms with Crippen molar-refractivity contribution in [3.8, 4) is 11.8 Å². The van der Waals surface area contributed by atoms with Crippen LogP contribution in [-0.4, -0.2) is 65.1 Å². The fourth-order valence-electron chi connectivity index (χ4n) is 3.34. The van der Waals surface area contributed by atoms with Crippen LogP contribution in [0.3, 0.4) is 0 Å². The molecule has 0 unspecified atom stereocenters. The Labute approximate surface area is 243 Å². The summed E-state index contributed by atoms with van der Waals surface area (Å²) in [6, 6.07) is 8.67. The van der Waals surface area contributed by atoms with Crippen LogP contribution in [0.5, 0.6) is 11.8 Å². The minimum atomic E-state index is -1.03. The van der Waals surface area contributed by atoms with Crippen molar-refractivity contribution in [3.63, 3.8) is 0 Å². The number of hydroxylamine groups is 1. The highest BCUT2D eigenvalue weighted by atomic mass is 16.5. The van der Waals surface area contributed by atoms with Crippen molar-refractivity contribution in [3.05, 3.63) is 113 Å². The van der Waals surface area contributed by atoms with Crippen LogP contribution in [0.1, 0.15) is 36.8 Å². The Bertz CT molecular complexity index is 1970. The van der Waals surface area contributed by atoms with Gasteiger partial charge in [-0.15, -0.1) is 0 Å². The smallest absolute Gasteiger partial charge is 0.328 e. The van der Waals surface area contributed by atoms with E-state index in [4.69, 9.17) is 5.21 Å². The molecular weight excluding hydrogens is 586 g/mol. The predicted octanol–water partition coefficient (Wildman–Crippen LogP) is -1.25. The van der Waals surface area contributed by atoms with Crippen LogP contribution in [0.4, 0.5) is 11.4 Å². The third-order valence-corrected chi connectivity index (χ3v) is 5.39. The molecule has 0 saturated heterocycles. The van der Waals surface area contributed by atoms with Crippen molar-refractivity contribution in [2.45, 2.75) is 0 Å². The molecule has 19 heteroatoms. The molecule has 3 heterocycles. The summed E-state index contributed by atoms with van der Waals surface area (Å²) in [7, 11) is 1.49. The normalized spacial score (nSPS) is 10.0. The molecule has 0 fully saturated rings. The Hall–Kier alpha value is -6.76. The maximum Gasteiger partial charge on any atom is 0.328 e. The number of aromatic nitrogens is 5. The van der Waals surface area contributed by atoms with E-state index in [1.165, 1.54) is 49.6 Å². The average Bonchev–Trinajstić information content (AvgIpc) is 2.96. The summed E-state index contributed by atoms with van der Waals surface area (Å²) in [5.41, 5.74) is -2.06. The lowest BCUT2D eigenvalue weighted by molar-refractivity contribution is 0.0961. The van der Waals surface area contributed by atoms with Gasteiger partial charge in [0, 0.05) is 30.2 Å². The van der Waals surface area contributed by atoms with E-state index in [1.54, 1.807) is 0 Å². The Balaban J connectivity index is 0.000000240. The highest BCUT2D eigenvalue weighted by Crippen LogP contribution is 2.15. The number of benzene rings is 1. The van der Waals surface area contributed by atoms with Crippen molar-refractivity contribution >= 4 is 34.8 Å². The van der Waals surface area contributed by atoms with Crippen molar-refractivity contribution in [2.75, 3.05) is 17.7 Å². The first-order valence-electron chi connectivity index (χ1n) is 12.0. The summed E-state index contributed by atoms with van der Waals surface area (Å²) >= 11 is 0. The van der Waals surface area contributed by atoms with Crippen molar-refractivity contribution in [2.24, 2.45) is 0 Å². The van der Waals surface area contributed by atoms with E-state index in [2.05, 4.69) is 27.5 Å². The van der Waals surface area contributed by atoms with E-state index in [-0.39, 0.29) is 23.0 Å².